The first-order valence-corrected chi connectivity index (χ1v) is 14.7. The topological polar surface area (TPSA) is 0 Å². The summed E-state index contributed by atoms with van der Waals surface area (Å²) in [6, 6.07) is 3.55. The molecule has 0 atom stereocenters. The molecule has 0 N–H and O–H groups in total. The first-order chi connectivity index (χ1) is 16.9. The summed E-state index contributed by atoms with van der Waals surface area (Å²) in [5.74, 6) is 1.58. The third-order valence-electron chi connectivity index (χ3n) is 9.07. The highest BCUT2D eigenvalue weighted by Gasteiger charge is 2.35. The normalized spacial score (nSPS) is 25.6. The standard InChI is InChI=1S/C31H48F4/c1-2-3-4-5-6-7-8-9-10-11-12-24-13-15-25(16-14-24)26-17-19-27(20-18-26)28-21-22-29(30(32)23-28)31(33,34)35/h21-27H,2-20H2,1H3. The van der Waals surface area contributed by atoms with Crippen LogP contribution in [0.25, 0.3) is 0 Å². The first kappa shape index (κ1) is 28.5. The van der Waals surface area contributed by atoms with Crippen LogP contribution in [0, 0.1) is 23.6 Å². The van der Waals surface area contributed by atoms with Crippen LogP contribution in [-0.4, -0.2) is 0 Å². The SMILES string of the molecule is CCCCCCCCCCCCC1CCC(C2CCC(c3ccc(C(F)(F)F)c(F)c3)CC2)CC1. The van der Waals surface area contributed by atoms with Gasteiger partial charge >= 0.3 is 6.18 Å². The lowest BCUT2D eigenvalue weighted by Crippen LogP contribution is -2.25. The maximum absolute atomic E-state index is 14.0. The number of hydrogen-bond donors (Lipinski definition) is 0. The van der Waals surface area contributed by atoms with E-state index in [0.717, 1.165) is 61.1 Å². The van der Waals surface area contributed by atoms with Gasteiger partial charge in [-0.1, -0.05) is 96.5 Å². The van der Waals surface area contributed by atoms with Crippen molar-refractivity contribution in [1.82, 2.24) is 0 Å². The molecule has 35 heavy (non-hydrogen) atoms. The summed E-state index contributed by atoms with van der Waals surface area (Å²) in [5, 5.41) is 0. The van der Waals surface area contributed by atoms with Crippen LogP contribution in [0.1, 0.15) is 146 Å². The van der Waals surface area contributed by atoms with Crippen molar-refractivity contribution in [3.05, 3.63) is 35.1 Å². The van der Waals surface area contributed by atoms with Crippen molar-refractivity contribution >= 4 is 0 Å². The van der Waals surface area contributed by atoms with E-state index < -0.39 is 17.6 Å². The molecule has 0 nitrogen and oxygen atoms in total. The van der Waals surface area contributed by atoms with E-state index in [-0.39, 0.29) is 5.92 Å². The van der Waals surface area contributed by atoms with E-state index in [1.165, 1.54) is 102 Å². The van der Waals surface area contributed by atoms with E-state index in [1.54, 1.807) is 0 Å². The monoisotopic (exact) mass is 496 g/mol. The third-order valence-corrected chi connectivity index (χ3v) is 9.07. The summed E-state index contributed by atoms with van der Waals surface area (Å²) in [5.41, 5.74) is -0.404. The predicted molar refractivity (Wildman–Crippen MR) is 138 cm³/mol. The second-order valence-corrected chi connectivity index (χ2v) is 11.6. The molecule has 0 saturated heterocycles. The summed E-state index contributed by atoms with van der Waals surface area (Å²) in [6.07, 6.45) is 20.6. The molecule has 0 spiro atoms. The summed E-state index contributed by atoms with van der Waals surface area (Å²) >= 11 is 0. The lowest BCUT2D eigenvalue weighted by Gasteiger charge is -2.38. The van der Waals surface area contributed by atoms with Gasteiger partial charge in [-0.15, -0.1) is 0 Å². The van der Waals surface area contributed by atoms with Gasteiger partial charge in [0.25, 0.3) is 0 Å². The fourth-order valence-electron chi connectivity index (χ4n) is 6.81. The van der Waals surface area contributed by atoms with Gasteiger partial charge in [0, 0.05) is 0 Å². The Balaban J connectivity index is 1.27. The van der Waals surface area contributed by atoms with Crippen LogP contribution in [0.5, 0.6) is 0 Å². The van der Waals surface area contributed by atoms with Gasteiger partial charge in [-0.3, -0.25) is 0 Å². The Kier molecular flexibility index (Phi) is 11.9. The molecule has 0 amide bonds. The van der Waals surface area contributed by atoms with Gasteiger partial charge in [0.2, 0.25) is 0 Å². The van der Waals surface area contributed by atoms with E-state index in [4.69, 9.17) is 0 Å². The summed E-state index contributed by atoms with van der Waals surface area (Å²) in [4.78, 5) is 0. The third kappa shape index (κ3) is 9.39. The lowest BCUT2D eigenvalue weighted by molar-refractivity contribution is -0.140. The first-order valence-electron chi connectivity index (χ1n) is 14.7. The zero-order valence-corrected chi connectivity index (χ0v) is 22.0. The molecule has 2 aliphatic carbocycles. The number of hydrogen-bond acceptors (Lipinski definition) is 0. The Morgan fingerprint density at radius 2 is 1.20 bits per heavy atom. The van der Waals surface area contributed by atoms with E-state index in [9.17, 15) is 17.6 Å². The van der Waals surface area contributed by atoms with Crippen LogP contribution in [0.3, 0.4) is 0 Å². The molecule has 0 radical (unpaired) electrons. The fraction of sp³-hybridized carbons (Fsp3) is 0.806. The molecule has 0 heterocycles. The molecule has 3 rings (SSSR count). The highest BCUT2D eigenvalue weighted by molar-refractivity contribution is 5.29. The second-order valence-electron chi connectivity index (χ2n) is 11.6. The molecule has 0 unspecified atom stereocenters. The van der Waals surface area contributed by atoms with E-state index in [2.05, 4.69) is 6.92 Å². The van der Waals surface area contributed by atoms with Crippen LogP contribution >= 0.6 is 0 Å². The zero-order valence-electron chi connectivity index (χ0n) is 22.0. The van der Waals surface area contributed by atoms with Gasteiger partial charge in [-0.05, 0) is 79.9 Å². The maximum Gasteiger partial charge on any atom is 0.419 e. The van der Waals surface area contributed by atoms with Gasteiger partial charge < -0.3 is 0 Å². The number of alkyl halides is 3. The summed E-state index contributed by atoms with van der Waals surface area (Å²) in [6.45, 7) is 2.27. The molecule has 1 aromatic rings. The fourth-order valence-corrected chi connectivity index (χ4v) is 6.81. The Labute approximate surface area is 211 Å². The molecule has 2 saturated carbocycles. The van der Waals surface area contributed by atoms with Crippen molar-refractivity contribution in [3.8, 4) is 0 Å². The molecule has 0 aliphatic heterocycles. The Morgan fingerprint density at radius 1 is 0.686 bits per heavy atom. The minimum absolute atomic E-state index is 0.204. The lowest BCUT2D eigenvalue weighted by atomic mass is 9.68. The molecule has 2 aliphatic rings. The summed E-state index contributed by atoms with van der Waals surface area (Å²) in [7, 11) is 0. The molecule has 0 bridgehead atoms. The number of rotatable bonds is 13. The minimum Gasteiger partial charge on any atom is -0.206 e. The Bertz CT molecular complexity index is 709. The van der Waals surface area contributed by atoms with E-state index in [1.807, 2.05) is 0 Å². The predicted octanol–water partition coefficient (Wildman–Crippen LogP) is 11.2. The highest BCUT2D eigenvalue weighted by Crippen LogP contribution is 2.45. The minimum atomic E-state index is -4.62. The van der Waals surface area contributed by atoms with E-state index in [0.29, 0.717) is 0 Å². The van der Waals surface area contributed by atoms with Gasteiger partial charge in [0.15, 0.2) is 0 Å². The van der Waals surface area contributed by atoms with Crippen molar-refractivity contribution in [3.63, 3.8) is 0 Å². The molecule has 4 heteroatoms. The van der Waals surface area contributed by atoms with Gasteiger partial charge in [-0.25, -0.2) is 4.39 Å². The Hall–Kier alpha value is -1.06. The van der Waals surface area contributed by atoms with Crippen molar-refractivity contribution in [2.24, 2.45) is 17.8 Å². The number of halogens is 4. The molecule has 2 fully saturated rings. The largest absolute Gasteiger partial charge is 0.419 e. The van der Waals surface area contributed by atoms with Crippen molar-refractivity contribution in [2.45, 2.75) is 141 Å². The van der Waals surface area contributed by atoms with Crippen molar-refractivity contribution < 1.29 is 17.6 Å². The van der Waals surface area contributed by atoms with Crippen LogP contribution in [-0.2, 0) is 6.18 Å². The number of benzene rings is 1. The average molecular weight is 497 g/mol. The molecular weight excluding hydrogens is 448 g/mol. The van der Waals surface area contributed by atoms with Gasteiger partial charge in [0.05, 0.1) is 5.56 Å². The van der Waals surface area contributed by atoms with E-state index >= 15 is 0 Å². The smallest absolute Gasteiger partial charge is 0.206 e. The zero-order chi connectivity index (χ0) is 25.1. The van der Waals surface area contributed by atoms with Crippen LogP contribution < -0.4 is 0 Å². The van der Waals surface area contributed by atoms with Crippen molar-refractivity contribution in [2.75, 3.05) is 0 Å². The van der Waals surface area contributed by atoms with Gasteiger partial charge in [0.1, 0.15) is 5.82 Å². The van der Waals surface area contributed by atoms with Crippen LogP contribution in [0.2, 0.25) is 0 Å². The highest BCUT2D eigenvalue weighted by atomic mass is 19.4. The van der Waals surface area contributed by atoms with Crippen LogP contribution in [0.4, 0.5) is 17.6 Å². The molecular formula is C31H48F4. The number of unbranched alkanes of at least 4 members (excludes halogenated alkanes) is 9. The maximum atomic E-state index is 14.0. The van der Waals surface area contributed by atoms with Crippen LogP contribution in [0.15, 0.2) is 18.2 Å². The molecule has 200 valence electrons. The molecule has 0 aromatic heterocycles. The van der Waals surface area contributed by atoms with Gasteiger partial charge in [-0.2, -0.15) is 13.2 Å². The summed E-state index contributed by atoms with van der Waals surface area (Å²) < 4.78 is 52.5. The molecule has 1 aromatic carbocycles. The quantitative estimate of drug-likeness (QED) is 0.188. The average Bonchev–Trinajstić information content (AvgIpc) is 2.85. The van der Waals surface area contributed by atoms with Crippen molar-refractivity contribution in [1.29, 1.82) is 0 Å². The Morgan fingerprint density at radius 3 is 1.71 bits per heavy atom. The second kappa shape index (κ2) is 14.6.